The van der Waals surface area contributed by atoms with Gasteiger partial charge in [0, 0.05) is 13.6 Å². The van der Waals surface area contributed by atoms with Crippen LogP contribution in [0.4, 0.5) is 16.2 Å². The summed E-state index contributed by atoms with van der Waals surface area (Å²) in [7, 11) is 1.76. The lowest BCUT2D eigenvalue weighted by Crippen LogP contribution is -2.32. The van der Waals surface area contributed by atoms with Crippen molar-refractivity contribution < 1.29 is 14.6 Å². The zero-order valence-electron chi connectivity index (χ0n) is 13.0. The molecule has 0 fully saturated rings. The highest BCUT2D eigenvalue weighted by Crippen LogP contribution is 2.29. The van der Waals surface area contributed by atoms with Crippen LogP contribution >= 0.6 is 0 Å². The SMILES string of the molecule is CNc1c(N)cccc1OCCN(Cc1ccccc1)C(=O)O. The van der Waals surface area contributed by atoms with Crippen molar-refractivity contribution in [2.75, 3.05) is 31.2 Å². The van der Waals surface area contributed by atoms with Crippen molar-refractivity contribution in [3.8, 4) is 5.75 Å². The lowest BCUT2D eigenvalue weighted by Gasteiger charge is -2.20. The lowest BCUT2D eigenvalue weighted by atomic mass is 10.2. The van der Waals surface area contributed by atoms with Gasteiger partial charge >= 0.3 is 6.09 Å². The zero-order valence-corrected chi connectivity index (χ0v) is 13.0. The van der Waals surface area contributed by atoms with E-state index in [1.807, 2.05) is 30.3 Å². The molecule has 0 atom stereocenters. The van der Waals surface area contributed by atoms with Gasteiger partial charge in [-0.2, -0.15) is 0 Å². The number of anilines is 2. The fraction of sp³-hybridized carbons (Fsp3) is 0.235. The number of carboxylic acid groups (broad SMARTS) is 1. The summed E-state index contributed by atoms with van der Waals surface area (Å²) in [6.07, 6.45) is -0.973. The number of carbonyl (C=O) groups is 1. The number of ether oxygens (including phenoxy) is 1. The summed E-state index contributed by atoms with van der Waals surface area (Å²) in [5.41, 5.74) is 8.10. The first-order chi connectivity index (χ1) is 11.1. The van der Waals surface area contributed by atoms with E-state index in [9.17, 15) is 9.90 Å². The van der Waals surface area contributed by atoms with Gasteiger partial charge in [0.25, 0.3) is 0 Å². The molecule has 0 aliphatic rings. The maximum absolute atomic E-state index is 11.4. The molecule has 122 valence electrons. The minimum atomic E-state index is -0.973. The van der Waals surface area contributed by atoms with Crippen molar-refractivity contribution in [2.24, 2.45) is 0 Å². The van der Waals surface area contributed by atoms with Crippen molar-refractivity contribution in [1.82, 2.24) is 4.90 Å². The Bertz CT molecular complexity index is 647. The van der Waals surface area contributed by atoms with Crippen LogP contribution < -0.4 is 15.8 Å². The van der Waals surface area contributed by atoms with Gasteiger partial charge in [0.2, 0.25) is 0 Å². The van der Waals surface area contributed by atoms with E-state index in [1.165, 1.54) is 4.90 Å². The third-order valence-corrected chi connectivity index (χ3v) is 3.41. The quantitative estimate of drug-likeness (QED) is 0.684. The predicted molar refractivity (Wildman–Crippen MR) is 90.8 cm³/mol. The molecule has 0 saturated heterocycles. The fourth-order valence-corrected chi connectivity index (χ4v) is 2.25. The van der Waals surface area contributed by atoms with Gasteiger partial charge in [0.05, 0.1) is 17.9 Å². The van der Waals surface area contributed by atoms with Crippen molar-refractivity contribution in [3.63, 3.8) is 0 Å². The molecule has 23 heavy (non-hydrogen) atoms. The molecule has 0 aliphatic heterocycles. The fourth-order valence-electron chi connectivity index (χ4n) is 2.25. The second kappa shape index (κ2) is 7.93. The summed E-state index contributed by atoms with van der Waals surface area (Å²) in [4.78, 5) is 12.7. The molecule has 0 radical (unpaired) electrons. The van der Waals surface area contributed by atoms with Gasteiger partial charge in [0.1, 0.15) is 12.4 Å². The molecule has 0 unspecified atom stereocenters. The Morgan fingerprint density at radius 3 is 2.61 bits per heavy atom. The predicted octanol–water partition coefficient (Wildman–Crippen LogP) is 2.87. The minimum Gasteiger partial charge on any atom is -0.489 e. The Kier molecular flexibility index (Phi) is 5.68. The third-order valence-electron chi connectivity index (χ3n) is 3.41. The normalized spacial score (nSPS) is 10.1. The molecule has 2 rings (SSSR count). The summed E-state index contributed by atoms with van der Waals surface area (Å²) in [6.45, 7) is 0.842. The second-order valence-corrected chi connectivity index (χ2v) is 5.01. The molecule has 4 N–H and O–H groups in total. The maximum atomic E-state index is 11.4. The third kappa shape index (κ3) is 4.54. The van der Waals surface area contributed by atoms with Crippen molar-refractivity contribution >= 4 is 17.5 Å². The molecule has 0 heterocycles. The molecule has 1 amide bonds. The van der Waals surface area contributed by atoms with Gasteiger partial charge in [-0.25, -0.2) is 4.79 Å². The average Bonchev–Trinajstić information content (AvgIpc) is 2.55. The van der Waals surface area contributed by atoms with Gasteiger partial charge in [-0.15, -0.1) is 0 Å². The number of nitrogens with one attached hydrogen (secondary N) is 1. The average molecular weight is 315 g/mol. The highest BCUT2D eigenvalue weighted by molar-refractivity contribution is 5.73. The molecule has 0 saturated carbocycles. The molecule has 0 aromatic heterocycles. The topological polar surface area (TPSA) is 87.8 Å². The summed E-state index contributed by atoms with van der Waals surface area (Å²) >= 11 is 0. The van der Waals surface area contributed by atoms with Crippen LogP contribution in [0.1, 0.15) is 5.56 Å². The number of nitrogens with zero attached hydrogens (tertiary/aromatic N) is 1. The molecule has 0 aliphatic carbocycles. The van der Waals surface area contributed by atoms with Gasteiger partial charge in [-0.1, -0.05) is 36.4 Å². The van der Waals surface area contributed by atoms with Crippen LogP contribution in [0, 0.1) is 0 Å². The molecule has 2 aromatic carbocycles. The number of benzene rings is 2. The summed E-state index contributed by atoms with van der Waals surface area (Å²) in [6, 6.07) is 14.8. The molecule has 0 bridgehead atoms. The van der Waals surface area contributed by atoms with Crippen molar-refractivity contribution in [1.29, 1.82) is 0 Å². The van der Waals surface area contributed by atoms with Crippen molar-refractivity contribution in [3.05, 3.63) is 54.1 Å². The number of amides is 1. The van der Waals surface area contributed by atoms with Crippen LogP contribution in [0.3, 0.4) is 0 Å². The van der Waals surface area contributed by atoms with Crippen LogP contribution in [-0.2, 0) is 6.54 Å². The first-order valence-corrected chi connectivity index (χ1v) is 7.32. The van der Waals surface area contributed by atoms with Crippen molar-refractivity contribution in [2.45, 2.75) is 6.54 Å². The highest BCUT2D eigenvalue weighted by atomic mass is 16.5. The van der Waals surface area contributed by atoms with E-state index in [0.29, 0.717) is 23.7 Å². The Morgan fingerprint density at radius 1 is 1.22 bits per heavy atom. The first-order valence-electron chi connectivity index (χ1n) is 7.32. The minimum absolute atomic E-state index is 0.247. The van der Waals surface area contributed by atoms with E-state index >= 15 is 0 Å². The molecular formula is C17H21N3O3. The van der Waals surface area contributed by atoms with Crippen LogP contribution in [0.25, 0.3) is 0 Å². The van der Waals surface area contributed by atoms with Gasteiger partial charge < -0.3 is 25.8 Å². The number of hydrogen-bond acceptors (Lipinski definition) is 4. The van der Waals surface area contributed by atoms with Gasteiger partial charge in [-0.3, -0.25) is 0 Å². The Balaban J connectivity index is 1.95. The van der Waals surface area contributed by atoms with E-state index in [4.69, 9.17) is 10.5 Å². The molecule has 6 heteroatoms. The van der Waals surface area contributed by atoms with E-state index in [1.54, 1.807) is 25.2 Å². The monoisotopic (exact) mass is 315 g/mol. The highest BCUT2D eigenvalue weighted by Gasteiger charge is 2.13. The van der Waals surface area contributed by atoms with Gasteiger partial charge in [-0.05, 0) is 17.7 Å². The lowest BCUT2D eigenvalue weighted by molar-refractivity contribution is 0.132. The standard InChI is InChI=1S/C17H21N3O3/c1-19-16-14(18)8-5-9-15(16)23-11-10-20(17(21)22)12-13-6-3-2-4-7-13/h2-9,19H,10-12,18H2,1H3,(H,21,22). The van der Waals surface area contributed by atoms with E-state index in [2.05, 4.69) is 5.32 Å². The summed E-state index contributed by atoms with van der Waals surface area (Å²) in [5, 5.41) is 12.3. The van der Waals surface area contributed by atoms with Gasteiger partial charge in [0.15, 0.2) is 0 Å². The van der Waals surface area contributed by atoms with Crippen LogP contribution in [0.15, 0.2) is 48.5 Å². The summed E-state index contributed by atoms with van der Waals surface area (Å²) < 4.78 is 5.68. The van der Waals surface area contributed by atoms with Crippen LogP contribution in [0.2, 0.25) is 0 Å². The number of nitrogen functional groups attached to an aromatic ring is 1. The molecular weight excluding hydrogens is 294 g/mol. The Labute approximate surface area is 135 Å². The first kappa shape index (κ1) is 16.5. The number of hydrogen-bond donors (Lipinski definition) is 3. The number of rotatable bonds is 7. The number of nitrogens with two attached hydrogens (primary N) is 1. The van der Waals surface area contributed by atoms with E-state index in [0.717, 1.165) is 5.56 Å². The maximum Gasteiger partial charge on any atom is 0.407 e. The Hall–Kier alpha value is -2.89. The second-order valence-electron chi connectivity index (χ2n) is 5.01. The molecule has 0 spiro atoms. The van der Waals surface area contributed by atoms with E-state index in [-0.39, 0.29) is 13.2 Å². The summed E-state index contributed by atoms with van der Waals surface area (Å²) in [5.74, 6) is 0.609. The van der Waals surface area contributed by atoms with E-state index < -0.39 is 6.09 Å². The molecule has 6 nitrogen and oxygen atoms in total. The Morgan fingerprint density at radius 2 is 1.96 bits per heavy atom. The zero-order chi connectivity index (χ0) is 16.7. The molecule has 2 aromatic rings. The van der Waals surface area contributed by atoms with Crippen LogP contribution in [-0.4, -0.2) is 36.3 Å². The largest absolute Gasteiger partial charge is 0.489 e. The number of para-hydroxylation sites is 1. The van der Waals surface area contributed by atoms with Crippen LogP contribution in [0.5, 0.6) is 5.75 Å². The smallest absolute Gasteiger partial charge is 0.407 e.